The van der Waals surface area contributed by atoms with Gasteiger partial charge in [0, 0.05) is 40.3 Å². The van der Waals surface area contributed by atoms with Crippen LogP contribution in [0.1, 0.15) is 32.3 Å². The Hall–Kier alpha value is -2.28. The largest absolute Gasteiger partial charge is 0.484 e. The molecular weight excluding hydrogens is 356 g/mol. The van der Waals surface area contributed by atoms with Crippen LogP contribution in [0.25, 0.3) is 0 Å². The number of hydrogen-bond acceptors (Lipinski definition) is 4. The molecule has 0 unspecified atom stereocenters. The van der Waals surface area contributed by atoms with Crippen LogP contribution < -0.4 is 10.1 Å². The Morgan fingerprint density at radius 1 is 1.29 bits per heavy atom. The highest BCUT2D eigenvalue weighted by molar-refractivity contribution is 5.80. The number of piperidine rings is 1. The van der Waals surface area contributed by atoms with E-state index in [4.69, 9.17) is 14.5 Å². The van der Waals surface area contributed by atoms with Crippen molar-refractivity contribution in [2.24, 2.45) is 4.99 Å². The first-order valence-corrected chi connectivity index (χ1v) is 10.1. The Morgan fingerprint density at radius 2 is 2.04 bits per heavy atom. The molecule has 0 radical (unpaired) electrons. The lowest BCUT2D eigenvalue weighted by Crippen LogP contribution is -2.47. The standard InChI is InChI=1S/C21H34N4O3/c1-5-22-21(25-12-10-18(11-13-25)27-6-2)23-15-17-8-7-9-19(14-17)28-16-20(26)24(3)4/h7-9,14,18H,5-6,10-13,15-16H2,1-4H3,(H,22,23). The number of likely N-dealkylation sites (tertiary alicyclic amines) is 1. The second-order valence-corrected chi connectivity index (χ2v) is 7.04. The summed E-state index contributed by atoms with van der Waals surface area (Å²) in [5.74, 6) is 1.56. The van der Waals surface area contributed by atoms with Crippen molar-refractivity contribution in [2.75, 3.05) is 46.9 Å². The first kappa shape index (κ1) is 22.0. The molecule has 0 saturated carbocycles. The molecule has 7 heteroatoms. The zero-order valence-electron chi connectivity index (χ0n) is 17.6. The van der Waals surface area contributed by atoms with Gasteiger partial charge < -0.3 is 24.6 Å². The van der Waals surface area contributed by atoms with Gasteiger partial charge in [0.05, 0.1) is 12.6 Å². The number of carbonyl (C=O) groups excluding carboxylic acids is 1. The van der Waals surface area contributed by atoms with Gasteiger partial charge in [0.25, 0.3) is 5.91 Å². The number of ether oxygens (including phenoxy) is 2. The molecule has 0 spiro atoms. The molecule has 0 atom stereocenters. The summed E-state index contributed by atoms with van der Waals surface area (Å²) in [6.07, 6.45) is 2.42. The SMILES string of the molecule is CCNC(=NCc1cccc(OCC(=O)N(C)C)c1)N1CCC(OCC)CC1. The first-order valence-electron chi connectivity index (χ1n) is 10.1. The molecule has 1 aromatic rings. The molecule has 1 heterocycles. The van der Waals surface area contributed by atoms with Gasteiger partial charge in [-0.2, -0.15) is 0 Å². The molecule has 156 valence electrons. The van der Waals surface area contributed by atoms with Crippen LogP contribution in [0.5, 0.6) is 5.75 Å². The minimum Gasteiger partial charge on any atom is -0.484 e. The second kappa shape index (κ2) is 11.5. The van der Waals surface area contributed by atoms with E-state index in [-0.39, 0.29) is 12.5 Å². The van der Waals surface area contributed by atoms with Crippen LogP contribution in [-0.2, 0) is 16.1 Å². The Balaban J connectivity index is 1.95. The third-order valence-corrected chi connectivity index (χ3v) is 4.65. The maximum atomic E-state index is 11.7. The first-order chi connectivity index (χ1) is 13.5. The zero-order valence-corrected chi connectivity index (χ0v) is 17.6. The van der Waals surface area contributed by atoms with Crippen LogP contribution >= 0.6 is 0 Å². The molecule has 2 rings (SSSR count). The number of aliphatic imine (C=N–C) groups is 1. The maximum absolute atomic E-state index is 11.7. The summed E-state index contributed by atoms with van der Waals surface area (Å²) in [4.78, 5) is 20.3. The lowest BCUT2D eigenvalue weighted by Gasteiger charge is -2.34. The van der Waals surface area contributed by atoms with Crippen LogP contribution in [0.3, 0.4) is 0 Å². The van der Waals surface area contributed by atoms with E-state index in [0.29, 0.717) is 18.4 Å². The van der Waals surface area contributed by atoms with Crippen molar-refractivity contribution < 1.29 is 14.3 Å². The number of nitrogens with one attached hydrogen (secondary N) is 1. The Bertz CT molecular complexity index is 640. The molecule has 7 nitrogen and oxygen atoms in total. The Labute approximate surface area is 168 Å². The van der Waals surface area contributed by atoms with Crippen LogP contribution in [0, 0.1) is 0 Å². The highest BCUT2D eigenvalue weighted by Gasteiger charge is 2.21. The number of likely N-dealkylation sites (N-methyl/N-ethyl adjacent to an activating group) is 1. The number of nitrogens with zero attached hydrogens (tertiary/aromatic N) is 3. The molecule has 0 aliphatic carbocycles. The molecule has 0 aromatic heterocycles. The fourth-order valence-electron chi connectivity index (χ4n) is 3.07. The molecule has 1 aliphatic heterocycles. The van der Waals surface area contributed by atoms with Crippen molar-refractivity contribution in [3.8, 4) is 5.75 Å². The highest BCUT2D eigenvalue weighted by Crippen LogP contribution is 2.16. The van der Waals surface area contributed by atoms with Gasteiger partial charge >= 0.3 is 0 Å². The summed E-state index contributed by atoms with van der Waals surface area (Å²) in [7, 11) is 3.44. The van der Waals surface area contributed by atoms with Crippen LogP contribution in [-0.4, -0.2) is 74.7 Å². The van der Waals surface area contributed by atoms with Crippen molar-refractivity contribution in [1.82, 2.24) is 15.1 Å². The van der Waals surface area contributed by atoms with Gasteiger partial charge in [-0.15, -0.1) is 0 Å². The van der Waals surface area contributed by atoms with E-state index >= 15 is 0 Å². The lowest BCUT2D eigenvalue weighted by atomic mass is 10.1. The van der Waals surface area contributed by atoms with E-state index in [1.54, 1.807) is 14.1 Å². The maximum Gasteiger partial charge on any atom is 0.259 e. The van der Waals surface area contributed by atoms with Crippen molar-refractivity contribution in [3.63, 3.8) is 0 Å². The van der Waals surface area contributed by atoms with Crippen molar-refractivity contribution in [3.05, 3.63) is 29.8 Å². The zero-order chi connectivity index (χ0) is 20.4. The van der Waals surface area contributed by atoms with Crippen LogP contribution in [0.2, 0.25) is 0 Å². The monoisotopic (exact) mass is 390 g/mol. The summed E-state index contributed by atoms with van der Waals surface area (Å²) in [6.45, 7) is 8.24. The molecule has 28 heavy (non-hydrogen) atoms. The predicted octanol–water partition coefficient (Wildman–Crippen LogP) is 2.12. The molecule has 1 fully saturated rings. The number of amides is 1. The molecule has 1 saturated heterocycles. The average molecular weight is 391 g/mol. The van der Waals surface area contributed by atoms with E-state index in [1.165, 1.54) is 4.90 Å². The number of benzene rings is 1. The minimum absolute atomic E-state index is 0.0388. The Morgan fingerprint density at radius 3 is 2.68 bits per heavy atom. The third-order valence-electron chi connectivity index (χ3n) is 4.65. The lowest BCUT2D eigenvalue weighted by molar-refractivity contribution is -0.130. The summed E-state index contributed by atoms with van der Waals surface area (Å²) in [5.41, 5.74) is 1.05. The Kier molecular flexibility index (Phi) is 9.07. The van der Waals surface area contributed by atoms with E-state index < -0.39 is 0 Å². The predicted molar refractivity (Wildman–Crippen MR) is 112 cm³/mol. The van der Waals surface area contributed by atoms with E-state index in [2.05, 4.69) is 17.1 Å². The number of rotatable bonds is 8. The van der Waals surface area contributed by atoms with Gasteiger partial charge in [-0.25, -0.2) is 4.99 Å². The fourth-order valence-corrected chi connectivity index (χ4v) is 3.07. The molecule has 1 aliphatic rings. The van der Waals surface area contributed by atoms with Gasteiger partial charge in [0.2, 0.25) is 0 Å². The molecule has 1 N–H and O–H groups in total. The number of guanidine groups is 1. The van der Waals surface area contributed by atoms with Gasteiger partial charge in [-0.3, -0.25) is 4.79 Å². The number of carbonyl (C=O) groups is 1. The van der Waals surface area contributed by atoms with Gasteiger partial charge in [-0.05, 0) is 44.4 Å². The van der Waals surface area contributed by atoms with Gasteiger partial charge in [0.1, 0.15) is 5.75 Å². The van der Waals surface area contributed by atoms with Crippen molar-refractivity contribution in [1.29, 1.82) is 0 Å². The highest BCUT2D eigenvalue weighted by atomic mass is 16.5. The van der Waals surface area contributed by atoms with E-state index in [9.17, 15) is 4.79 Å². The quantitative estimate of drug-likeness (QED) is 0.544. The normalized spacial score (nSPS) is 15.4. The van der Waals surface area contributed by atoms with Crippen molar-refractivity contribution in [2.45, 2.75) is 39.3 Å². The minimum atomic E-state index is -0.0617. The molecule has 1 aromatic carbocycles. The van der Waals surface area contributed by atoms with Crippen LogP contribution in [0.15, 0.2) is 29.3 Å². The van der Waals surface area contributed by atoms with E-state index in [1.807, 2.05) is 31.2 Å². The topological polar surface area (TPSA) is 66.4 Å². The number of hydrogen-bond donors (Lipinski definition) is 1. The van der Waals surface area contributed by atoms with Crippen LogP contribution in [0.4, 0.5) is 0 Å². The van der Waals surface area contributed by atoms with Gasteiger partial charge in [-0.1, -0.05) is 12.1 Å². The van der Waals surface area contributed by atoms with Gasteiger partial charge in [0.15, 0.2) is 12.6 Å². The smallest absolute Gasteiger partial charge is 0.259 e. The average Bonchev–Trinajstić information content (AvgIpc) is 2.70. The summed E-state index contributed by atoms with van der Waals surface area (Å²) >= 11 is 0. The van der Waals surface area contributed by atoms with E-state index in [0.717, 1.165) is 50.6 Å². The van der Waals surface area contributed by atoms with Crippen molar-refractivity contribution >= 4 is 11.9 Å². The summed E-state index contributed by atoms with van der Waals surface area (Å²) in [5, 5.41) is 3.39. The third kappa shape index (κ3) is 7.03. The molecule has 0 bridgehead atoms. The molecule has 1 amide bonds. The fraction of sp³-hybridized carbons (Fsp3) is 0.619. The summed E-state index contributed by atoms with van der Waals surface area (Å²) < 4.78 is 11.3. The summed E-state index contributed by atoms with van der Waals surface area (Å²) in [6, 6.07) is 7.76. The second-order valence-electron chi connectivity index (χ2n) is 7.04. The molecular formula is C21H34N4O3.